The number of nitriles is 1. The van der Waals surface area contributed by atoms with Crippen LogP contribution in [0.3, 0.4) is 0 Å². The van der Waals surface area contributed by atoms with Crippen LogP contribution in [-0.4, -0.2) is 9.97 Å². The molecule has 0 atom stereocenters. The van der Waals surface area contributed by atoms with Gasteiger partial charge in [-0.3, -0.25) is 0 Å². The summed E-state index contributed by atoms with van der Waals surface area (Å²) in [4.78, 5) is 7.84. The van der Waals surface area contributed by atoms with Crippen molar-refractivity contribution in [2.75, 3.05) is 11.5 Å². The van der Waals surface area contributed by atoms with E-state index in [4.69, 9.17) is 16.2 Å². The number of benzene rings is 2. The van der Waals surface area contributed by atoms with E-state index in [9.17, 15) is 9.65 Å². The van der Waals surface area contributed by atoms with Crippen molar-refractivity contribution in [2.24, 2.45) is 0 Å². The summed E-state index contributed by atoms with van der Waals surface area (Å²) in [6.45, 7) is 0. The van der Waals surface area contributed by atoms with Gasteiger partial charge in [-0.15, -0.1) is 0 Å². The number of hydrogen-bond donors (Lipinski definition) is 2. The predicted molar refractivity (Wildman–Crippen MR) is 87.5 cm³/mol. The average Bonchev–Trinajstić information content (AvgIpc) is 2.55. The number of para-hydroxylation sites is 1. The third-order valence-corrected chi connectivity index (χ3v) is 3.24. The molecule has 24 heavy (non-hydrogen) atoms. The monoisotopic (exact) mass is 321 g/mol. The van der Waals surface area contributed by atoms with E-state index in [0.717, 1.165) is 0 Å². The smallest absolute Gasteiger partial charge is 0.222 e. The van der Waals surface area contributed by atoms with Crippen molar-refractivity contribution in [1.82, 2.24) is 9.97 Å². The molecular formula is C17H12FN5O. The molecule has 1 heterocycles. The molecule has 3 aromatic rings. The Balaban J connectivity index is 2.18. The highest BCUT2D eigenvalue weighted by molar-refractivity contribution is 5.77. The van der Waals surface area contributed by atoms with Gasteiger partial charge in [0, 0.05) is 11.6 Å². The fourth-order valence-electron chi connectivity index (χ4n) is 2.19. The highest BCUT2D eigenvalue weighted by atomic mass is 19.1. The summed E-state index contributed by atoms with van der Waals surface area (Å²) < 4.78 is 19.4. The predicted octanol–water partition coefficient (Wildman–Crippen LogP) is 3.11. The second-order valence-electron chi connectivity index (χ2n) is 4.86. The molecule has 0 aliphatic heterocycles. The third kappa shape index (κ3) is 2.94. The van der Waals surface area contributed by atoms with Crippen LogP contribution in [0.2, 0.25) is 0 Å². The number of aromatic nitrogens is 2. The lowest BCUT2D eigenvalue weighted by Crippen LogP contribution is -2.05. The van der Waals surface area contributed by atoms with Gasteiger partial charge in [-0.05, 0) is 24.3 Å². The van der Waals surface area contributed by atoms with Crippen LogP contribution in [0.15, 0.2) is 48.5 Å². The summed E-state index contributed by atoms with van der Waals surface area (Å²) in [5, 5.41) is 9.32. The molecule has 0 spiro atoms. The van der Waals surface area contributed by atoms with Gasteiger partial charge in [0.1, 0.15) is 34.8 Å². The molecule has 4 N–H and O–H groups in total. The Morgan fingerprint density at radius 3 is 2.50 bits per heavy atom. The summed E-state index contributed by atoms with van der Waals surface area (Å²) in [5.74, 6) is 0.0812. The number of anilines is 2. The third-order valence-electron chi connectivity index (χ3n) is 3.24. The van der Waals surface area contributed by atoms with E-state index in [1.54, 1.807) is 24.3 Å². The molecular weight excluding hydrogens is 309 g/mol. The van der Waals surface area contributed by atoms with E-state index < -0.39 is 5.82 Å². The first-order valence-electron chi connectivity index (χ1n) is 6.94. The van der Waals surface area contributed by atoms with Crippen LogP contribution in [-0.2, 0) is 0 Å². The fourth-order valence-corrected chi connectivity index (χ4v) is 2.19. The van der Waals surface area contributed by atoms with Gasteiger partial charge in [-0.2, -0.15) is 10.2 Å². The van der Waals surface area contributed by atoms with Crippen molar-refractivity contribution in [3.05, 3.63) is 59.9 Å². The zero-order valence-electron chi connectivity index (χ0n) is 12.4. The fraction of sp³-hybridized carbons (Fsp3) is 0. The second-order valence-corrected chi connectivity index (χ2v) is 4.86. The SMILES string of the molecule is N#Cc1c(N)nc(N)nc1-c1ccc(F)cc1Oc1ccccc1. The molecule has 118 valence electrons. The molecule has 0 aliphatic carbocycles. The van der Waals surface area contributed by atoms with Crippen LogP contribution in [0, 0.1) is 17.1 Å². The molecule has 0 radical (unpaired) electrons. The Morgan fingerprint density at radius 1 is 1.04 bits per heavy atom. The lowest BCUT2D eigenvalue weighted by atomic mass is 10.1. The van der Waals surface area contributed by atoms with Crippen LogP contribution in [0.25, 0.3) is 11.3 Å². The maximum absolute atomic E-state index is 13.7. The molecule has 7 heteroatoms. The minimum Gasteiger partial charge on any atom is -0.457 e. The number of nitrogens with two attached hydrogens (primary N) is 2. The molecule has 6 nitrogen and oxygen atoms in total. The average molecular weight is 321 g/mol. The quantitative estimate of drug-likeness (QED) is 0.766. The van der Waals surface area contributed by atoms with Crippen LogP contribution in [0.5, 0.6) is 11.5 Å². The number of ether oxygens (including phenoxy) is 1. The highest BCUT2D eigenvalue weighted by Gasteiger charge is 2.18. The Bertz CT molecular complexity index is 938. The van der Waals surface area contributed by atoms with Crippen molar-refractivity contribution in [2.45, 2.75) is 0 Å². The van der Waals surface area contributed by atoms with Crippen molar-refractivity contribution >= 4 is 11.8 Å². The summed E-state index contributed by atoms with van der Waals surface area (Å²) in [6, 6.07) is 14.7. The van der Waals surface area contributed by atoms with Gasteiger partial charge >= 0.3 is 0 Å². The topological polar surface area (TPSA) is 111 Å². The second kappa shape index (κ2) is 6.22. The van der Waals surface area contributed by atoms with Crippen LogP contribution >= 0.6 is 0 Å². The number of nitrogens with zero attached hydrogens (tertiary/aromatic N) is 3. The van der Waals surface area contributed by atoms with E-state index in [0.29, 0.717) is 11.3 Å². The van der Waals surface area contributed by atoms with Crippen LogP contribution in [0.4, 0.5) is 16.2 Å². The summed E-state index contributed by atoms with van der Waals surface area (Å²) in [7, 11) is 0. The Hall–Kier alpha value is -3.66. The van der Waals surface area contributed by atoms with Crippen molar-refractivity contribution in [1.29, 1.82) is 5.26 Å². The molecule has 0 aliphatic rings. The van der Waals surface area contributed by atoms with Crippen LogP contribution < -0.4 is 16.2 Å². The first-order chi connectivity index (χ1) is 11.6. The normalized spacial score (nSPS) is 10.2. The van der Waals surface area contributed by atoms with Crippen LogP contribution in [0.1, 0.15) is 5.56 Å². The standard InChI is InChI=1S/C17H12FN5O/c18-10-6-7-12(14(8-10)24-11-4-2-1-3-5-11)15-13(9-19)16(20)23-17(21)22-15/h1-8H,(H4,20,21,22,23). The van der Waals surface area contributed by atoms with Gasteiger partial charge in [0.05, 0.1) is 5.69 Å². The summed E-state index contributed by atoms with van der Waals surface area (Å²) >= 11 is 0. The minimum atomic E-state index is -0.488. The molecule has 0 saturated carbocycles. The van der Waals surface area contributed by atoms with E-state index in [1.807, 2.05) is 12.1 Å². The van der Waals surface area contributed by atoms with Gasteiger partial charge in [0.2, 0.25) is 5.95 Å². The lowest BCUT2D eigenvalue weighted by Gasteiger charge is -2.13. The van der Waals surface area contributed by atoms with Gasteiger partial charge < -0.3 is 16.2 Å². The largest absolute Gasteiger partial charge is 0.457 e. The summed E-state index contributed by atoms with van der Waals surface area (Å²) in [6.07, 6.45) is 0. The highest BCUT2D eigenvalue weighted by Crippen LogP contribution is 2.36. The number of nitrogen functional groups attached to an aromatic ring is 2. The van der Waals surface area contributed by atoms with Crippen molar-refractivity contribution in [3.63, 3.8) is 0 Å². The van der Waals surface area contributed by atoms with E-state index in [1.165, 1.54) is 18.2 Å². The van der Waals surface area contributed by atoms with Gasteiger partial charge in [-0.25, -0.2) is 9.37 Å². The van der Waals surface area contributed by atoms with Gasteiger partial charge in [-0.1, -0.05) is 18.2 Å². The van der Waals surface area contributed by atoms with Crippen molar-refractivity contribution < 1.29 is 9.13 Å². The lowest BCUT2D eigenvalue weighted by molar-refractivity contribution is 0.478. The molecule has 0 unspecified atom stereocenters. The molecule has 3 rings (SSSR count). The van der Waals surface area contributed by atoms with Crippen molar-refractivity contribution in [3.8, 4) is 28.8 Å². The molecule has 0 saturated heterocycles. The zero-order chi connectivity index (χ0) is 17.1. The molecule has 1 aromatic heterocycles. The molecule has 0 bridgehead atoms. The summed E-state index contributed by atoms with van der Waals surface area (Å²) in [5.41, 5.74) is 12.0. The number of rotatable bonds is 3. The maximum atomic E-state index is 13.7. The molecule has 0 amide bonds. The Kier molecular flexibility index (Phi) is 3.95. The van der Waals surface area contributed by atoms with E-state index >= 15 is 0 Å². The minimum absolute atomic E-state index is 0.0463. The number of hydrogen-bond acceptors (Lipinski definition) is 6. The van der Waals surface area contributed by atoms with Gasteiger partial charge in [0.25, 0.3) is 0 Å². The molecule has 0 fully saturated rings. The van der Waals surface area contributed by atoms with Gasteiger partial charge in [0.15, 0.2) is 0 Å². The maximum Gasteiger partial charge on any atom is 0.222 e. The first-order valence-corrected chi connectivity index (χ1v) is 6.94. The number of halogens is 1. The Morgan fingerprint density at radius 2 is 1.79 bits per heavy atom. The Labute approximate surface area is 137 Å². The van der Waals surface area contributed by atoms with E-state index in [-0.39, 0.29) is 28.8 Å². The first kappa shape index (κ1) is 15.2. The molecule has 2 aromatic carbocycles. The van der Waals surface area contributed by atoms with E-state index in [2.05, 4.69) is 9.97 Å². The zero-order valence-corrected chi connectivity index (χ0v) is 12.4.